The summed E-state index contributed by atoms with van der Waals surface area (Å²) in [7, 11) is 0. The Morgan fingerprint density at radius 2 is 1.91 bits per heavy atom. The molecule has 1 aromatic carbocycles. The Balaban J connectivity index is 2.41. The predicted molar refractivity (Wildman–Crippen MR) is 86.3 cm³/mol. The van der Waals surface area contributed by atoms with Gasteiger partial charge in [0.15, 0.2) is 11.7 Å². The van der Waals surface area contributed by atoms with E-state index in [1.165, 1.54) is 4.68 Å². The zero-order valence-corrected chi connectivity index (χ0v) is 13.8. The van der Waals surface area contributed by atoms with Crippen LogP contribution >= 0.6 is 0 Å². The summed E-state index contributed by atoms with van der Waals surface area (Å²) < 4.78 is 1.53. The maximum Gasteiger partial charge on any atom is 0.205 e. The minimum Gasteiger partial charge on any atom is -0.292 e. The molecule has 0 aliphatic rings. The lowest BCUT2D eigenvalue weighted by molar-refractivity contribution is 0.0839. The molecule has 5 nitrogen and oxygen atoms in total. The lowest BCUT2D eigenvalue weighted by atomic mass is 9.90. The lowest BCUT2D eigenvalue weighted by Gasteiger charge is -2.11. The van der Waals surface area contributed by atoms with Gasteiger partial charge in [-0.05, 0) is 39.3 Å². The molecule has 0 unspecified atom stereocenters. The molecule has 0 amide bonds. The van der Waals surface area contributed by atoms with Crippen molar-refractivity contribution >= 4 is 11.6 Å². The summed E-state index contributed by atoms with van der Waals surface area (Å²) in [5.74, 6) is -2.31. The summed E-state index contributed by atoms with van der Waals surface area (Å²) in [5.41, 5.74) is 3.19. The molecule has 1 aromatic heterocycles. The van der Waals surface area contributed by atoms with Crippen LogP contribution in [0.4, 0.5) is 0 Å². The fraction of sp³-hybridized carbons (Fsp3) is 0.333. The number of aromatic nitrogens is 2. The number of carbonyl (C=O) groups excluding carboxylic acids is 2. The van der Waals surface area contributed by atoms with E-state index in [-0.39, 0.29) is 0 Å². The van der Waals surface area contributed by atoms with Gasteiger partial charge in [0.05, 0.1) is 11.8 Å². The van der Waals surface area contributed by atoms with E-state index in [9.17, 15) is 14.9 Å². The Morgan fingerprint density at radius 3 is 2.48 bits per heavy atom. The smallest absolute Gasteiger partial charge is 0.205 e. The van der Waals surface area contributed by atoms with Gasteiger partial charge in [-0.25, -0.2) is 0 Å². The summed E-state index contributed by atoms with van der Waals surface area (Å²) in [6, 6.07) is 8.82. The number of ketones is 2. The Kier molecular flexibility index (Phi) is 4.75. The molecule has 0 aliphatic heterocycles. The molecule has 0 fully saturated rings. The first kappa shape index (κ1) is 16.6. The summed E-state index contributed by atoms with van der Waals surface area (Å²) in [6.45, 7) is 7.87. The SMILES string of the molecule is CCn1nc(C)cc1C(=O)[C@@H](C#N)C(=O)c1ccc(C)cc1C. The summed E-state index contributed by atoms with van der Waals surface area (Å²) in [4.78, 5) is 25.3. The van der Waals surface area contributed by atoms with Crippen LogP contribution in [0.15, 0.2) is 24.3 Å². The Labute approximate surface area is 135 Å². The third-order valence-corrected chi connectivity index (χ3v) is 3.75. The van der Waals surface area contributed by atoms with E-state index in [2.05, 4.69) is 5.10 Å². The summed E-state index contributed by atoms with van der Waals surface area (Å²) >= 11 is 0. The minimum atomic E-state index is -1.35. The average Bonchev–Trinajstić information content (AvgIpc) is 2.88. The van der Waals surface area contributed by atoms with Gasteiger partial charge in [0, 0.05) is 12.1 Å². The summed E-state index contributed by atoms with van der Waals surface area (Å²) in [5, 5.41) is 13.6. The van der Waals surface area contributed by atoms with Crippen LogP contribution in [-0.4, -0.2) is 21.3 Å². The van der Waals surface area contributed by atoms with Crippen molar-refractivity contribution in [1.82, 2.24) is 9.78 Å². The largest absolute Gasteiger partial charge is 0.292 e. The van der Waals surface area contributed by atoms with Crippen LogP contribution in [0, 0.1) is 38.0 Å². The van der Waals surface area contributed by atoms with Gasteiger partial charge < -0.3 is 0 Å². The van der Waals surface area contributed by atoms with Crippen molar-refractivity contribution in [3.05, 3.63) is 52.3 Å². The van der Waals surface area contributed by atoms with E-state index >= 15 is 0 Å². The first-order valence-corrected chi connectivity index (χ1v) is 7.48. The van der Waals surface area contributed by atoms with Crippen molar-refractivity contribution in [2.45, 2.75) is 34.2 Å². The van der Waals surface area contributed by atoms with Crippen molar-refractivity contribution in [2.24, 2.45) is 5.92 Å². The number of aryl methyl sites for hydroxylation is 4. The average molecular weight is 309 g/mol. The number of hydrogen-bond acceptors (Lipinski definition) is 4. The molecular formula is C18H19N3O2. The fourth-order valence-corrected chi connectivity index (χ4v) is 2.61. The van der Waals surface area contributed by atoms with Crippen LogP contribution in [0.5, 0.6) is 0 Å². The normalized spacial score (nSPS) is 11.8. The van der Waals surface area contributed by atoms with Crippen molar-refractivity contribution in [1.29, 1.82) is 5.26 Å². The highest BCUT2D eigenvalue weighted by Gasteiger charge is 2.31. The Morgan fingerprint density at radius 1 is 1.22 bits per heavy atom. The van der Waals surface area contributed by atoms with E-state index < -0.39 is 17.5 Å². The second-order valence-corrected chi connectivity index (χ2v) is 5.60. The lowest BCUT2D eigenvalue weighted by Crippen LogP contribution is -2.26. The molecule has 2 aromatic rings. The van der Waals surface area contributed by atoms with Gasteiger partial charge in [-0.15, -0.1) is 0 Å². The molecule has 0 aliphatic carbocycles. The third-order valence-electron chi connectivity index (χ3n) is 3.75. The van der Waals surface area contributed by atoms with Crippen molar-refractivity contribution in [3.63, 3.8) is 0 Å². The number of rotatable bonds is 5. The van der Waals surface area contributed by atoms with E-state index in [0.29, 0.717) is 23.5 Å². The highest BCUT2D eigenvalue weighted by atomic mass is 16.2. The van der Waals surface area contributed by atoms with Crippen LogP contribution in [0.25, 0.3) is 0 Å². The molecule has 0 N–H and O–H groups in total. The Bertz CT molecular complexity index is 812. The monoisotopic (exact) mass is 309 g/mol. The van der Waals surface area contributed by atoms with Gasteiger partial charge in [0.2, 0.25) is 5.78 Å². The van der Waals surface area contributed by atoms with Crippen LogP contribution in [0.3, 0.4) is 0 Å². The zero-order chi connectivity index (χ0) is 17.1. The van der Waals surface area contributed by atoms with Crippen molar-refractivity contribution in [3.8, 4) is 6.07 Å². The second kappa shape index (κ2) is 6.57. The van der Waals surface area contributed by atoms with Crippen molar-refractivity contribution < 1.29 is 9.59 Å². The quantitative estimate of drug-likeness (QED) is 0.628. The zero-order valence-electron chi connectivity index (χ0n) is 13.8. The third kappa shape index (κ3) is 3.21. The number of carbonyl (C=O) groups is 2. The maximum absolute atomic E-state index is 12.7. The van der Waals surface area contributed by atoms with Gasteiger partial charge in [0.1, 0.15) is 5.69 Å². The number of Topliss-reactive ketones (excluding diaryl/α,β-unsaturated/α-hetero) is 2. The standard InChI is InChI=1S/C18H19N3O2/c1-5-21-16(9-13(4)20-21)18(23)15(10-19)17(22)14-7-6-11(2)8-12(14)3/h6-9,15H,5H2,1-4H3/t15-/m0/s1. The van der Waals surface area contributed by atoms with Gasteiger partial charge in [0.25, 0.3) is 0 Å². The molecule has 0 radical (unpaired) electrons. The Hall–Kier alpha value is -2.74. The van der Waals surface area contributed by atoms with Gasteiger partial charge >= 0.3 is 0 Å². The van der Waals surface area contributed by atoms with E-state index in [1.807, 2.05) is 26.0 Å². The molecule has 0 saturated heterocycles. The highest BCUT2D eigenvalue weighted by Crippen LogP contribution is 2.19. The molecule has 2 rings (SSSR count). The molecule has 23 heavy (non-hydrogen) atoms. The van der Waals surface area contributed by atoms with Crippen LogP contribution in [0.2, 0.25) is 0 Å². The molecule has 0 saturated carbocycles. The fourth-order valence-electron chi connectivity index (χ4n) is 2.61. The van der Waals surface area contributed by atoms with Gasteiger partial charge in [-0.1, -0.05) is 23.8 Å². The number of hydrogen-bond donors (Lipinski definition) is 0. The van der Waals surface area contributed by atoms with E-state index in [1.54, 1.807) is 32.0 Å². The minimum absolute atomic E-state index is 0.301. The molecular weight excluding hydrogens is 290 g/mol. The van der Waals surface area contributed by atoms with E-state index in [0.717, 1.165) is 11.1 Å². The van der Waals surface area contributed by atoms with Crippen LogP contribution in [-0.2, 0) is 6.54 Å². The molecule has 118 valence electrons. The van der Waals surface area contributed by atoms with Crippen LogP contribution in [0.1, 0.15) is 44.6 Å². The van der Waals surface area contributed by atoms with Gasteiger partial charge in [-0.2, -0.15) is 10.4 Å². The molecule has 1 atom stereocenters. The van der Waals surface area contributed by atoms with E-state index in [4.69, 9.17) is 0 Å². The number of benzene rings is 1. The second-order valence-electron chi connectivity index (χ2n) is 5.60. The molecule has 0 bridgehead atoms. The summed E-state index contributed by atoms with van der Waals surface area (Å²) in [6.07, 6.45) is 0. The molecule has 5 heteroatoms. The van der Waals surface area contributed by atoms with Crippen molar-refractivity contribution in [2.75, 3.05) is 0 Å². The molecule has 0 spiro atoms. The number of nitriles is 1. The highest BCUT2D eigenvalue weighted by molar-refractivity contribution is 6.17. The first-order valence-electron chi connectivity index (χ1n) is 7.48. The van der Waals surface area contributed by atoms with Gasteiger partial charge in [-0.3, -0.25) is 14.3 Å². The topological polar surface area (TPSA) is 75.8 Å². The van der Waals surface area contributed by atoms with Crippen LogP contribution < -0.4 is 0 Å². The first-order chi connectivity index (χ1) is 10.9. The molecule has 1 heterocycles. The number of nitrogens with zero attached hydrogens (tertiary/aromatic N) is 3. The maximum atomic E-state index is 12.7. The predicted octanol–water partition coefficient (Wildman–Crippen LogP) is 3.03.